The van der Waals surface area contributed by atoms with Gasteiger partial charge in [0.1, 0.15) is 11.8 Å². The number of aromatic nitrogens is 4. The van der Waals surface area contributed by atoms with Gasteiger partial charge in [-0.25, -0.2) is 14.6 Å². The molecule has 2 heterocycles. The smallest absolute Gasteiger partial charge is 0.192 e. The van der Waals surface area contributed by atoms with Crippen molar-refractivity contribution in [2.75, 3.05) is 0 Å². The van der Waals surface area contributed by atoms with Crippen molar-refractivity contribution in [3.63, 3.8) is 0 Å². The summed E-state index contributed by atoms with van der Waals surface area (Å²) >= 11 is 0. The number of benzene rings is 2. The van der Waals surface area contributed by atoms with E-state index < -0.39 is 0 Å². The number of hydrogen-bond donors (Lipinski definition) is 0. The van der Waals surface area contributed by atoms with Crippen LogP contribution >= 0.6 is 0 Å². The first kappa shape index (κ1) is 14.6. The Kier molecular flexibility index (Phi) is 3.23. The standard InChI is InChI=1S/C19H18N4O/c1-11-7-12(2)18(13(3)8-11)23-19(20-10-21-23)15-5-6-17-16(9-15)22-14(4)24-17/h5-10H,1-4H3. The normalized spacial score (nSPS) is 11.3. The van der Waals surface area contributed by atoms with Crippen LogP contribution in [0.4, 0.5) is 0 Å². The summed E-state index contributed by atoms with van der Waals surface area (Å²) in [6.07, 6.45) is 1.59. The van der Waals surface area contributed by atoms with Gasteiger partial charge in [-0.2, -0.15) is 5.10 Å². The Morgan fingerprint density at radius 1 is 0.958 bits per heavy atom. The molecule has 5 heteroatoms. The van der Waals surface area contributed by atoms with Crippen molar-refractivity contribution in [2.24, 2.45) is 0 Å². The highest BCUT2D eigenvalue weighted by Gasteiger charge is 2.15. The third-order valence-corrected chi connectivity index (χ3v) is 4.15. The summed E-state index contributed by atoms with van der Waals surface area (Å²) < 4.78 is 7.45. The first-order valence-electron chi connectivity index (χ1n) is 7.89. The lowest BCUT2D eigenvalue weighted by atomic mass is 10.0. The number of aryl methyl sites for hydroxylation is 4. The van der Waals surface area contributed by atoms with Gasteiger partial charge in [0.25, 0.3) is 0 Å². The van der Waals surface area contributed by atoms with E-state index in [1.54, 1.807) is 6.33 Å². The van der Waals surface area contributed by atoms with Gasteiger partial charge in [-0.05, 0) is 50.1 Å². The number of oxazole rings is 1. The van der Waals surface area contributed by atoms with E-state index in [1.807, 2.05) is 29.8 Å². The van der Waals surface area contributed by atoms with Crippen LogP contribution in [0.15, 0.2) is 41.1 Å². The highest BCUT2D eigenvalue weighted by molar-refractivity contribution is 5.79. The molecule has 0 unspecified atom stereocenters. The van der Waals surface area contributed by atoms with Crippen LogP contribution in [0.25, 0.3) is 28.2 Å². The number of fused-ring (bicyclic) bond motifs is 1. The number of hydrogen-bond acceptors (Lipinski definition) is 4. The van der Waals surface area contributed by atoms with Crippen LogP contribution in [0, 0.1) is 27.7 Å². The summed E-state index contributed by atoms with van der Waals surface area (Å²) in [7, 11) is 0. The van der Waals surface area contributed by atoms with Crippen LogP contribution in [0.3, 0.4) is 0 Å². The van der Waals surface area contributed by atoms with Crippen LogP contribution in [0.5, 0.6) is 0 Å². The third-order valence-electron chi connectivity index (χ3n) is 4.15. The number of rotatable bonds is 2. The molecule has 0 aliphatic carbocycles. The van der Waals surface area contributed by atoms with Gasteiger partial charge in [-0.1, -0.05) is 17.7 Å². The van der Waals surface area contributed by atoms with Crippen molar-refractivity contribution in [1.29, 1.82) is 0 Å². The molecule has 2 aromatic carbocycles. The Bertz CT molecular complexity index is 1040. The van der Waals surface area contributed by atoms with Crippen molar-refractivity contribution in [3.8, 4) is 17.1 Å². The lowest BCUT2D eigenvalue weighted by Gasteiger charge is -2.13. The Hall–Kier alpha value is -2.95. The molecule has 24 heavy (non-hydrogen) atoms. The molecule has 0 spiro atoms. The van der Waals surface area contributed by atoms with E-state index in [9.17, 15) is 0 Å². The maximum Gasteiger partial charge on any atom is 0.192 e. The van der Waals surface area contributed by atoms with Gasteiger partial charge in [-0.3, -0.25) is 0 Å². The minimum absolute atomic E-state index is 0.661. The topological polar surface area (TPSA) is 56.7 Å². The summed E-state index contributed by atoms with van der Waals surface area (Å²) in [6, 6.07) is 10.2. The molecule has 0 bridgehead atoms. The van der Waals surface area contributed by atoms with Crippen molar-refractivity contribution >= 4 is 11.1 Å². The molecule has 0 aliphatic heterocycles. The molecule has 0 radical (unpaired) electrons. The maximum absolute atomic E-state index is 5.55. The Morgan fingerprint density at radius 2 is 1.71 bits per heavy atom. The summed E-state index contributed by atoms with van der Waals surface area (Å²) in [5.74, 6) is 1.46. The zero-order valence-corrected chi connectivity index (χ0v) is 14.2. The average Bonchev–Trinajstić information content (AvgIpc) is 3.10. The predicted octanol–water partition coefficient (Wildman–Crippen LogP) is 4.31. The fourth-order valence-electron chi connectivity index (χ4n) is 3.29. The van der Waals surface area contributed by atoms with Crippen LogP contribution in [-0.2, 0) is 0 Å². The van der Waals surface area contributed by atoms with E-state index in [0.29, 0.717) is 5.89 Å². The van der Waals surface area contributed by atoms with Gasteiger partial charge in [0.15, 0.2) is 17.3 Å². The predicted molar refractivity (Wildman–Crippen MR) is 93.3 cm³/mol. The van der Waals surface area contributed by atoms with E-state index in [1.165, 1.54) is 16.7 Å². The molecule has 4 rings (SSSR count). The first-order chi connectivity index (χ1) is 11.5. The molecule has 0 aliphatic rings. The lowest BCUT2D eigenvalue weighted by Crippen LogP contribution is -2.05. The molecule has 0 saturated carbocycles. The van der Waals surface area contributed by atoms with Gasteiger partial charge >= 0.3 is 0 Å². The quantitative estimate of drug-likeness (QED) is 0.552. The minimum atomic E-state index is 0.661. The Labute approximate surface area is 140 Å². The van der Waals surface area contributed by atoms with Crippen molar-refractivity contribution in [2.45, 2.75) is 27.7 Å². The van der Waals surface area contributed by atoms with Crippen LogP contribution in [0.1, 0.15) is 22.6 Å². The molecule has 0 amide bonds. The Morgan fingerprint density at radius 3 is 2.46 bits per heavy atom. The van der Waals surface area contributed by atoms with Gasteiger partial charge in [0, 0.05) is 12.5 Å². The molecule has 4 aromatic rings. The first-order valence-corrected chi connectivity index (χ1v) is 7.89. The highest BCUT2D eigenvalue weighted by Crippen LogP contribution is 2.28. The molecule has 2 aromatic heterocycles. The lowest BCUT2D eigenvalue weighted by molar-refractivity contribution is 0.561. The van der Waals surface area contributed by atoms with Crippen molar-refractivity contribution in [3.05, 3.63) is 59.2 Å². The molecule has 0 fully saturated rings. The van der Waals surface area contributed by atoms with E-state index in [-0.39, 0.29) is 0 Å². The van der Waals surface area contributed by atoms with Gasteiger partial charge < -0.3 is 4.42 Å². The molecular formula is C19H18N4O. The van der Waals surface area contributed by atoms with Gasteiger partial charge in [0.2, 0.25) is 0 Å². The van der Waals surface area contributed by atoms with Gasteiger partial charge in [-0.15, -0.1) is 0 Å². The summed E-state index contributed by atoms with van der Waals surface area (Å²) in [6.45, 7) is 8.16. The summed E-state index contributed by atoms with van der Waals surface area (Å²) in [5, 5.41) is 4.46. The minimum Gasteiger partial charge on any atom is -0.441 e. The molecule has 5 nitrogen and oxygen atoms in total. The largest absolute Gasteiger partial charge is 0.441 e. The second-order valence-electron chi connectivity index (χ2n) is 6.16. The molecule has 0 saturated heterocycles. The van der Waals surface area contributed by atoms with Gasteiger partial charge in [0.05, 0.1) is 5.69 Å². The second kappa shape index (κ2) is 5.30. The number of nitrogens with zero attached hydrogens (tertiary/aromatic N) is 4. The monoisotopic (exact) mass is 318 g/mol. The van der Waals surface area contributed by atoms with Crippen LogP contribution < -0.4 is 0 Å². The summed E-state index contributed by atoms with van der Waals surface area (Å²) in [5.41, 5.74) is 7.25. The third kappa shape index (κ3) is 2.29. The van der Waals surface area contributed by atoms with Crippen molar-refractivity contribution in [1.82, 2.24) is 19.7 Å². The average molecular weight is 318 g/mol. The van der Waals surface area contributed by atoms with Crippen molar-refractivity contribution < 1.29 is 4.42 Å². The zero-order valence-electron chi connectivity index (χ0n) is 14.2. The molecule has 0 atom stereocenters. The van der Waals surface area contributed by atoms with Crippen LogP contribution in [0.2, 0.25) is 0 Å². The molecular weight excluding hydrogens is 300 g/mol. The Balaban J connectivity index is 1.91. The SMILES string of the molecule is Cc1cc(C)c(-n2ncnc2-c2ccc3oc(C)nc3c2)c(C)c1. The van der Waals surface area contributed by atoms with Crippen LogP contribution in [-0.4, -0.2) is 19.7 Å². The molecule has 0 N–H and O–H groups in total. The van der Waals surface area contributed by atoms with E-state index in [2.05, 4.69) is 48.0 Å². The zero-order chi connectivity index (χ0) is 16.8. The fraction of sp³-hybridized carbons (Fsp3) is 0.211. The van der Waals surface area contributed by atoms with E-state index in [4.69, 9.17) is 4.42 Å². The summed E-state index contributed by atoms with van der Waals surface area (Å²) in [4.78, 5) is 8.88. The molecule has 120 valence electrons. The van der Waals surface area contributed by atoms with E-state index >= 15 is 0 Å². The second-order valence-corrected chi connectivity index (χ2v) is 6.16. The van der Waals surface area contributed by atoms with E-state index in [0.717, 1.165) is 28.2 Å². The fourth-order valence-corrected chi connectivity index (χ4v) is 3.29. The maximum atomic E-state index is 5.55. The highest BCUT2D eigenvalue weighted by atomic mass is 16.3.